The molecule has 76 valence electrons. The molecular weight excluding hydrogens is 196 g/mol. The second-order valence-corrected chi connectivity index (χ2v) is 2.54. The minimum Gasteiger partial charge on any atom is -0.464 e. The zero-order chi connectivity index (χ0) is 11.3. The lowest BCUT2D eigenvalue weighted by Crippen LogP contribution is -2.06. The fourth-order valence-electron chi connectivity index (χ4n) is 0.858. The van der Waals surface area contributed by atoms with Gasteiger partial charge in [0.25, 0.3) is 5.91 Å². The molecule has 0 atom stereocenters. The van der Waals surface area contributed by atoms with E-state index in [0.717, 1.165) is 0 Å². The highest BCUT2D eigenvalue weighted by Gasteiger charge is 2.06. The van der Waals surface area contributed by atoms with Gasteiger partial charge in [0.05, 0.1) is 7.11 Å². The number of primary amides is 1. The van der Waals surface area contributed by atoms with Gasteiger partial charge in [-0.25, -0.2) is 9.78 Å². The molecule has 0 saturated carbocycles. The van der Waals surface area contributed by atoms with Gasteiger partial charge in [0, 0.05) is 11.8 Å². The van der Waals surface area contributed by atoms with Gasteiger partial charge in [-0.2, -0.15) is 0 Å². The van der Waals surface area contributed by atoms with E-state index < -0.39 is 11.9 Å². The predicted octanol–water partition coefficient (Wildman–Crippen LogP) is -0.295. The first kappa shape index (κ1) is 10.7. The number of aromatic nitrogens is 1. The number of esters is 1. The van der Waals surface area contributed by atoms with Crippen LogP contribution in [0.2, 0.25) is 0 Å². The van der Waals surface area contributed by atoms with Crippen LogP contribution in [0.1, 0.15) is 16.1 Å². The molecule has 0 unspecified atom stereocenters. The minimum atomic E-state index is -0.730. The average molecular weight is 204 g/mol. The number of hydrogen-bond acceptors (Lipinski definition) is 4. The van der Waals surface area contributed by atoms with Crippen molar-refractivity contribution >= 4 is 11.9 Å². The SMILES string of the molecule is COC(=O)c1cc(C#CC(N)=O)ccn1. The topological polar surface area (TPSA) is 82.3 Å². The molecule has 0 radical (unpaired) electrons. The Kier molecular flexibility index (Phi) is 3.41. The third-order valence-corrected chi connectivity index (χ3v) is 1.48. The highest BCUT2D eigenvalue weighted by atomic mass is 16.5. The second kappa shape index (κ2) is 4.77. The van der Waals surface area contributed by atoms with E-state index in [4.69, 9.17) is 5.73 Å². The van der Waals surface area contributed by atoms with E-state index >= 15 is 0 Å². The molecule has 1 amide bonds. The monoisotopic (exact) mass is 204 g/mol. The van der Waals surface area contributed by atoms with Crippen molar-refractivity contribution in [3.8, 4) is 11.8 Å². The molecule has 0 aliphatic rings. The maximum atomic E-state index is 11.1. The molecule has 0 saturated heterocycles. The summed E-state index contributed by atoms with van der Waals surface area (Å²) in [5, 5.41) is 0. The average Bonchev–Trinajstić information content (AvgIpc) is 2.25. The predicted molar refractivity (Wildman–Crippen MR) is 51.6 cm³/mol. The Morgan fingerprint density at radius 3 is 2.87 bits per heavy atom. The van der Waals surface area contributed by atoms with Crippen molar-refractivity contribution in [2.75, 3.05) is 7.11 Å². The van der Waals surface area contributed by atoms with Gasteiger partial charge in [-0.1, -0.05) is 5.92 Å². The summed E-state index contributed by atoms with van der Waals surface area (Å²) >= 11 is 0. The molecule has 5 nitrogen and oxygen atoms in total. The first-order valence-electron chi connectivity index (χ1n) is 3.99. The highest BCUT2D eigenvalue weighted by Crippen LogP contribution is 2.01. The molecule has 0 aliphatic heterocycles. The summed E-state index contributed by atoms with van der Waals surface area (Å²) < 4.78 is 4.48. The van der Waals surface area contributed by atoms with Crippen molar-refractivity contribution in [1.29, 1.82) is 0 Å². The van der Waals surface area contributed by atoms with E-state index in [9.17, 15) is 9.59 Å². The number of hydrogen-bond donors (Lipinski definition) is 1. The largest absolute Gasteiger partial charge is 0.464 e. The van der Waals surface area contributed by atoms with Crippen molar-refractivity contribution in [2.24, 2.45) is 5.73 Å². The normalized spacial score (nSPS) is 8.60. The maximum Gasteiger partial charge on any atom is 0.356 e. The van der Waals surface area contributed by atoms with Gasteiger partial charge in [-0.15, -0.1) is 0 Å². The van der Waals surface area contributed by atoms with E-state index in [2.05, 4.69) is 21.6 Å². The van der Waals surface area contributed by atoms with Crippen LogP contribution in [0.15, 0.2) is 18.3 Å². The smallest absolute Gasteiger partial charge is 0.356 e. The minimum absolute atomic E-state index is 0.133. The Morgan fingerprint density at radius 1 is 1.53 bits per heavy atom. The number of ether oxygens (including phenoxy) is 1. The highest BCUT2D eigenvalue weighted by molar-refractivity contribution is 5.92. The van der Waals surface area contributed by atoms with E-state index in [1.807, 2.05) is 0 Å². The zero-order valence-corrected chi connectivity index (χ0v) is 7.98. The van der Waals surface area contributed by atoms with Crippen LogP contribution in [0.4, 0.5) is 0 Å². The van der Waals surface area contributed by atoms with Crippen molar-refractivity contribution in [3.63, 3.8) is 0 Å². The lowest BCUT2D eigenvalue weighted by atomic mass is 10.2. The van der Waals surface area contributed by atoms with Crippen LogP contribution in [0.3, 0.4) is 0 Å². The molecule has 1 aromatic rings. The summed E-state index contributed by atoms with van der Waals surface area (Å²) in [5.41, 5.74) is 5.45. The Labute approximate surface area is 86.3 Å². The standard InChI is InChI=1S/C10H8N2O3/c1-15-10(14)8-6-7(4-5-12-8)2-3-9(11)13/h4-6H,1H3,(H2,11,13). The van der Waals surface area contributed by atoms with Gasteiger partial charge in [0.1, 0.15) is 5.69 Å². The Balaban J connectivity index is 2.99. The lowest BCUT2D eigenvalue weighted by molar-refractivity contribution is -0.112. The molecule has 15 heavy (non-hydrogen) atoms. The fraction of sp³-hybridized carbons (Fsp3) is 0.100. The van der Waals surface area contributed by atoms with E-state index in [1.54, 1.807) is 6.07 Å². The van der Waals surface area contributed by atoms with Crippen LogP contribution < -0.4 is 5.73 Å². The van der Waals surface area contributed by atoms with Crippen molar-refractivity contribution in [2.45, 2.75) is 0 Å². The number of carbonyl (C=O) groups excluding carboxylic acids is 2. The molecule has 1 rings (SSSR count). The molecule has 0 aromatic carbocycles. The third-order valence-electron chi connectivity index (χ3n) is 1.48. The first-order chi connectivity index (χ1) is 7.13. The molecule has 0 bridgehead atoms. The Hall–Kier alpha value is -2.35. The van der Waals surface area contributed by atoms with Crippen LogP contribution >= 0.6 is 0 Å². The van der Waals surface area contributed by atoms with E-state index in [1.165, 1.54) is 19.4 Å². The Bertz CT molecular complexity index is 457. The van der Waals surface area contributed by atoms with Crippen molar-refractivity contribution in [3.05, 3.63) is 29.6 Å². The second-order valence-electron chi connectivity index (χ2n) is 2.54. The number of methoxy groups -OCH3 is 1. The first-order valence-corrected chi connectivity index (χ1v) is 3.99. The molecule has 1 aromatic heterocycles. The summed E-state index contributed by atoms with van der Waals surface area (Å²) in [4.78, 5) is 25.2. The zero-order valence-electron chi connectivity index (χ0n) is 7.98. The summed E-state index contributed by atoms with van der Waals surface area (Å²) in [5.74, 6) is 3.36. The van der Waals surface area contributed by atoms with Gasteiger partial charge in [0.15, 0.2) is 0 Å². The third kappa shape index (κ3) is 3.12. The number of rotatable bonds is 1. The van der Waals surface area contributed by atoms with E-state index in [0.29, 0.717) is 5.56 Å². The van der Waals surface area contributed by atoms with Gasteiger partial charge in [-0.05, 0) is 18.1 Å². The molecule has 0 spiro atoms. The van der Waals surface area contributed by atoms with Gasteiger partial charge in [-0.3, -0.25) is 4.79 Å². The molecule has 5 heteroatoms. The van der Waals surface area contributed by atoms with Crippen molar-refractivity contribution < 1.29 is 14.3 Å². The molecule has 0 fully saturated rings. The number of nitrogens with two attached hydrogens (primary N) is 1. The van der Waals surface area contributed by atoms with Crippen molar-refractivity contribution in [1.82, 2.24) is 4.98 Å². The van der Waals surface area contributed by atoms with Crippen LogP contribution in [0.25, 0.3) is 0 Å². The van der Waals surface area contributed by atoms with Crippen LogP contribution in [-0.4, -0.2) is 24.0 Å². The summed E-state index contributed by atoms with van der Waals surface area (Å²) in [6, 6.07) is 2.98. The number of amides is 1. The van der Waals surface area contributed by atoms with Crippen LogP contribution in [0.5, 0.6) is 0 Å². The number of nitrogens with zero attached hydrogens (tertiary/aromatic N) is 1. The molecular formula is C10H8N2O3. The van der Waals surface area contributed by atoms with Gasteiger partial charge in [0.2, 0.25) is 0 Å². The summed E-state index contributed by atoms with van der Waals surface area (Å²) in [6.07, 6.45) is 1.40. The van der Waals surface area contributed by atoms with Gasteiger partial charge < -0.3 is 10.5 Å². The molecule has 1 heterocycles. The summed E-state index contributed by atoms with van der Waals surface area (Å²) in [6.45, 7) is 0. The lowest BCUT2D eigenvalue weighted by Gasteiger charge is -1.97. The molecule has 2 N–H and O–H groups in total. The quantitative estimate of drug-likeness (QED) is 0.503. The van der Waals surface area contributed by atoms with Crippen LogP contribution in [0, 0.1) is 11.8 Å². The fourth-order valence-corrected chi connectivity index (χ4v) is 0.858. The summed E-state index contributed by atoms with van der Waals surface area (Å²) in [7, 11) is 1.26. The maximum absolute atomic E-state index is 11.1. The number of pyridine rings is 1. The molecule has 0 aliphatic carbocycles. The van der Waals surface area contributed by atoms with Gasteiger partial charge >= 0.3 is 5.97 Å². The van der Waals surface area contributed by atoms with Crippen LogP contribution in [-0.2, 0) is 9.53 Å². The van der Waals surface area contributed by atoms with E-state index in [-0.39, 0.29) is 5.69 Å². The number of carbonyl (C=O) groups is 2. The Morgan fingerprint density at radius 2 is 2.27 bits per heavy atom.